The molecular weight excluding hydrogens is 309 g/mol. The number of carbonyl (C=O) groups is 1. The molecule has 1 saturated heterocycles. The third-order valence-electron chi connectivity index (χ3n) is 5.03. The van der Waals surface area contributed by atoms with Crippen molar-refractivity contribution < 1.29 is 13.7 Å². The summed E-state index contributed by atoms with van der Waals surface area (Å²) in [7, 11) is 0. The lowest BCUT2D eigenvalue weighted by atomic mass is 9.96. The fourth-order valence-corrected chi connectivity index (χ4v) is 3.68. The smallest absolute Gasteiger partial charge is 0.226 e. The van der Waals surface area contributed by atoms with E-state index in [1.54, 1.807) is 19.1 Å². The zero-order valence-electron chi connectivity index (χ0n) is 13.6. The van der Waals surface area contributed by atoms with Crippen molar-refractivity contribution in [3.63, 3.8) is 0 Å². The van der Waals surface area contributed by atoms with Crippen LogP contribution in [0.3, 0.4) is 0 Å². The van der Waals surface area contributed by atoms with Crippen LogP contribution in [0.2, 0.25) is 0 Å². The average molecular weight is 329 g/mol. The molecule has 6 heteroatoms. The molecule has 4 rings (SSSR count). The Balaban J connectivity index is 1.42. The zero-order chi connectivity index (χ0) is 16.7. The van der Waals surface area contributed by atoms with Crippen molar-refractivity contribution in [1.82, 2.24) is 15.0 Å². The summed E-state index contributed by atoms with van der Waals surface area (Å²) < 4.78 is 18.4. The minimum atomic E-state index is -0.240. The molecule has 1 aromatic carbocycles. The summed E-state index contributed by atoms with van der Waals surface area (Å²) in [5.74, 6) is 1.47. The molecule has 0 N–H and O–H groups in total. The number of benzene rings is 1. The molecule has 2 aliphatic rings. The lowest BCUT2D eigenvalue weighted by Gasteiger charge is -2.31. The van der Waals surface area contributed by atoms with Crippen LogP contribution in [0.4, 0.5) is 4.39 Å². The van der Waals surface area contributed by atoms with E-state index in [9.17, 15) is 9.18 Å². The van der Waals surface area contributed by atoms with E-state index in [0.717, 1.165) is 31.4 Å². The molecule has 1 aliphatic heterocycles. The number of likely N-dealkylation sites (tertiary alicyclic amines) is 1. The number of halogens is 1. The van der Waals surface area contributed by atoms with Crippen molar-refractivity contribution in [1.29, 1.82) is 0 Å². The first-order valence-corrected chi connectivity index (χ1v) is 8.46. The SMILES string of the molecule is Cc1nc([C@@H]2CCCN(C(=O)[C@H]3C[C@H]3c3cccc(F)c3)C2)no1. The van der Waals surface area contributed by atoms with E-state index in [2.05, 4.69) is 10.1 Å². The molecule has 2 aromatic rings. The van der Waals surface area contributed by atoms with E-state index in [1.807, 2.05) is 11.0 Å². The molecule has 1 saturated carbocycles. The van der Waals surface area contributed by atoms with E-state index in [1.165, 1.54) is 6.07 Å². The summed E-state index contributed by atoms with van der Waals surface area (Å²) in [6.45, 7) is 3.19. The van der Waals surface area contributed by atoms with Crippen LogP contribution in [0.5, 0.6) is 0 Å². The quantitative estimate of drug-likeness (QED) is 0.868. The van der Waals surface area contributed by atoms with Gasteiger partial charge in [-0.1, -0.05) is 17.3 Å². The molecule has 24 heavy (non-hydrogen) atoms. The van der Waals surface area contributed by atoms with Gasteiger partial charge in [0.2, 0.25) is 11.8 Å². The van der Waals surface area contributed by atoms with Gasteiger partial charge in [-0.25, -0.2) is 4.39 Å². The number of piperidine rings is 1. The molecule has 1 aliphatic carbocycles. The minimum Gasteiger partial charge on any atom is -0.342 e. The van der Waals surface area contributed by atoms with Crippen molar-refractivity contribution in [3.05, 3.63) is 47.4 Å². The molecule has 0 spiro atoms. The number of hydrogen-bond acceptors (Lipinski definition) is 4. The topological polar surface area (TPSA) is 59.2 Å². The van der Waals surface area contributed by atoms with Gasteiger partial charge in [0.15, 0.2) is 5.82 Å². The standard InChI is InChI=1S/C18H20FN3O2/c1-11-20-17(21-24-11)13-5-3-7-22(10-13)18(23)16-9-15(16)12-4-2-6-14(19)8-12/h2,4,6,8,13,15-16H,3,5,7,9-10H2,1H3/t13-,15+,16+/m1/s1. The third-order valence-corrected chi connectivity index (χ3v) is 5.03. The Kier molecular flexibility index (Phi) is 3.82. The van der Waals surface area contributed by atoms with Gasteiger partial charge in [0.1, 0.15) is 5.82 Å². The first-order chi connectivity index (χ1) is 11.6. The second kappa shape index (κ2) is 6.00. The Labute approximate surface area is 139 Å². The van der Waals surface area contributed by atoms with Crippen LogP contribution >= 0.6 is 0 Å². The van der Waals surface area contributed by atoms with Crippen LogP contribution in [-0.4, -0.2) is 34.0 Å². The minimum absolute atomic E-state index is 0.0162. The molecule has 0 unspecified atom stereocenters. The Morgan fingerprint density at radius 2 is 2.29 bits per heavy atom. The number of nitrogens with zero attached hydrogens (tertiary/aromatic N) is 3. The summed E-state index contributed by atoms with van der Waals surface area (Å²) >= 11 is 0. The highest BCUT2D eigenvalue weighted by molar-refractivity contribution is 5.83. The molecule has 0 radical (unpaired) electrons. The molecule has 126 valence electrons. The van der Waals surface area contributed by atoms with Gasteiger partial charge in [-0.05, 0) is 42.9 Å². The summed E-state index contributed by atoms with van der Waals surface area (Å²) in [4.78, 5) is 19.0. The fourth-order valence-electron chi connectivity index (χ4n) is 3.68. The maximum Gasteiger partial charge on any atom is 0.226 e. The number of amides is 1. The summed E-state index contributed by atoms with van der Waals surface area (Å²) in [5, 5.41) is 4.00. The van der Waals surface area contributed by atoms with E-state index in [0.29, 0.717) is 18.3 Å². The first kappa shape index (κ1) is 15.3. The molecule has 3 atom stereocenters. The summed E-state index contributed by atoms with van der Waals surface area (Å²) in [6, 6.07) is 6.59. The van der Waals surface area contributed by atoms with Crippen LogP contribution in [0.1, 0.15) is 48.4 Å². The van der Waals surface area contributed by atoms with Crippen molar-refractivity contribution in [2.45, 2.75) is 38.0 Å². The first-order valence-electron chi connectivity index (χ1n) is 8.46. The fraction of sp³-hybridized carbons (Fsp3) is 0.500. The second-order valence-corrected chi connectivity index (χ2v) is 6.80. The molecule has 2 heterocycles. The zero-order valence-corrected chi connectivity index (χ0v) is 13.6. The Morgan fingerprint density at radius 1 is 1.42 bits per heavy atom. The van der Waals surface area contributed by atoms with Gasteiger partial charge in [-0.15, -0.1) is 0 Å². The summed E-state index contributed by atoms with van der Waals surface area (Å²) in [5.41, 5.74) is 0.927. The van der Waals surface area contributed by atoms with Gasteiger partial charge in [0.05, 0.1) is 0 Å². The number of carbonyl (C=O) groups excluding carboxylic acids is 1. The molecule has 0 bridgehead atoms. The maximum atomic E-state index is 13.4. The number of rotatable bonds is 3. The lowest BCUT2D eigenvalue weighted by Crippen LogP contribution is -2.40. The van der Waals surface area contributed by atoms with E-state index in [-0.39, 0.29) is 29.5 Å². The second-order valence-electron chi connectivity index (χ2n) is 6.80. The van der Waals surface area contributed by atoms with Gasteiger partial charge in [0, 0.05) is 31.8 Å². The van der Waals surface area contributed by atoms with Crippen molar-refractivity contribution >= 4 is 5.91 Å². The average Bonchev–Trinajstić information content (AvgIpc) is 3.28. The number of hydrogen-bond donors (Lipinski definition) is 0. The van der Waals surface area contributed by atoms with Gasteiger partial charge in [-0.3, -0.25) is 4.79 Å². The van der Waals surface area contributed by atoms with Crippen LogP contribution in [-0.2, 0) is 4.79 Å². The van der Waals surface area contributed by atoms with Crippen molar-refractivity contribution in [2.24, 2.45) is 5.92 Å². The van der Waals surface area contributed by atoms with Crippen LogP contribution in [0.25, 0.3) is 0 Å². The van der Waals surface area contributed by atoms with Gasteiger partial charge in [-0.2, -0.15) is 4.98 Å². The Hall–Kier alpha value is -2.24. The third kappa shape index (κ3) is 2.92. The molecule has 1 aromatic heterocycles. The van der Waals surface area contributed by atoms with E-state index < -0.39 is 0 Å². The molecule has 2 fully saturated rings. The largest absolute Gasteiger partial charge is 0.342 e. The van der Waals surface area contributed by atoms with Gasteiger partial charge in [0.25, 0.3) is 0 Å². The Morgan fingerprint density at radius 3 is 3.04 bits per heavy atom. The van der Waals surface area contributed by atoms with Gasteiger partial charge >= 0.3 is 0 Å². The van der Waals surface area contributed by atoms with Crippen LogP contribution < -0.4 is 0 Å². The normalized spacial score (nSPS) is 26.4. The molecular formula is C18H20FN3O2. The monoisotopic (exact) mass is 329 g/mol. The Bertz CT molecular complexity index is 760. The highest BCUT2D eigenvalue weighted by Crippen LogP contribution is 2.49. The summed E-state index contributed by atoms with van der Waals surface area (Å²) in [6.07, 6.45) is 2.73. The van der Waals surface area contributed by atoms with Crippen LogP contribution in [0.15, 0.2) is 28.8 Å². The van der Waals surface area contributed by atoms with E-state index in [4.69, 9.17) is 4.52 Å². The lowest BCUT2D eigenvalue weighted by molar-refractivity contribution is -0.133. The van der Waals surface area contributed by atoms with Crippen LogP contribution in [0, 0.1) is 18.7 Å². The predicted molar refractivity (Wildman–Crippen MR) is 84.8 cm³/mol. The highest BCUT2D eigenvalue weighted by Gasteiger charge is 2.46. The van der Waals surface area contributed by atoms with Crippen molar-refractivity contribution in [3.8, 4) is 0 Å². The molecule has 1 amide bonds. The van der Waals surface area contributed by atoms with Crippen molar-refractivity contribution in [2.75, 3.05) is 13.1 Å². The van der Waals surface area contributed by atoms with Gasteiger partial charge < -0.3 is 9.42 Å². The number of aromatic nitrogens is 2. The maximum absolute atomic E-state index is 13.4. The van der Waals surface area contributed by atoms with E-state index >= 15 is 0 Å². The predicted octanol–water partition coefficient (Wildman–Crippen LogP) is 3.03. The highest BCUT2D eigenvalue weighted by atomic mass is 19.1. The number of aryl methyl sites for hydroxylation is 1. The molecule has 5 nitrogen and oxygen atoms in total.